The Bertz CT molecular complexity index is 868. The fourth-order valence-electron chi connectivity index (χ4n) is 2.54. The molecule has 3 aromatic rings. The maximum Gasteiger partial charge on any atom is 0.150 e. The Morgan fingerprint density at radius 3 is 2.57 bits per heavy atom. The topological polar surface area (TPSA) is 69.6 Å². The summed E-state index contributed by atoms with van der Waals surface area (Å²) in [4.78, 5) is 18.9. The maximum atomic E-state index is 11.5. The molecule has 4 nitrogen and oxygen atoms in total. The van der Waals surface area contributed by atoms with Gasteiger partial charge in [-0.05, 0) is 29.3 Å². The van der Waals surface area contributed by atoms with E-state index in [4.69, 9.17) is 5.73 Å². The van der Waals surface area contributed by atoms with Crippen LogP contribution in [0.4, 0.5) is 0 Å². The number of aromatic amines is 1. The first-order chi connectivity index (χ1) is 11.0. The van der Waals surface area contributed by atoms with Crippen LogP contribution in [0.25, 0.3) is 28.4 Å². The van der Waals surface area contributed by atoms with Gasteiger partial charge in [-0.15, -0.1) is 5.54 Å². The third kappa shape index (κ3) is 3.07. The molecule has 0 bridgehead atoms. The van der Waals surface area contributed by atoms with E-state index in [9.17, 15) is 4.79 Å². The minimum atomic E-state index is -0.647. The molecule has 0 aliphatic heterocycles. The molecule has 116 valence electrons. The summed E-state index contributed by atoms with van der Waals surface area (Å²) in [6.45, 7) is 3.69. The second kappa shape index (κ2) is 5.82. The molecule has 0 atom stereocenters. The molecule has 0 unspecified atom stereocenters. The van der Waals surface area contributed by atoms with E-state index in [2.05, 4.69) is 9.97 Å². The SMILES string of the molecule is CC(C)([NH-])c1ccc(/C(C=O)=C/c2ccnc3[nH]ccc23)cc1. The van der Waals surface area contributed by atoms with Crippen molar-refractivity contribution in [3.8, 4) is 0 Å². The lowest BCUT2D eigenvalue weighted by molar-refractivity contribution is -0.103. The molecule has 3 rings (SSSR count). The number of rotatable bonds is 4. The van der Waals surface area contributed by atoms with E-state index < -0.39 is 5.54 Å². The smallest absolute Gasteiger partial charge is 0.150 e. The van der Waals surface area contributed by atoms with Gasteiger partial charge in [0.1, 0.15) is 5.65 Å². The van der Waals surface area contributed by atoms with Crippen molar-refractivity contribution in [2.24, 2.45) is 0 Å². The Labute approximate surface area is 135 Å². The highest BCUT2D eigenvalue weighted by molar-refractivity contribution is 6.14. The van der Waals surface area contributed by atoms with Crippen LogP contribution < -0.4 is 0 Å². The molecule has 23 heavy (non-hydrogen) atoms. The Morgan fingerprint density at radius 1 is 1.17 bits per heavy atom. The zero-order valence-electron chi connectivity index (χ0n) is 13.1. The highest BCUT2D eigenvalue weighted by Crippen LogP contribution is 2.26. The van der Waals surface area contributed by atoms with Gasteiger partial charge < -0.3 is 10.7 Å². The lowest BCUT2D eigenvalue weighted by Gasteiger charge is -2.29. The molecule has 0 aliphatic carbocycles. The molecule has 0 radical (unpaired) electrons. The summed E-state index contributed by atoms with van der Waals surface area (Å²) < 4.78 is 0. The summed E-state index contributed by atoms with van der Waals surface area (Å²) in [6.07, 6.45) is 6.28. The van der Waals surface area contributed by atoms with Gasteiger partial charge in [-0.1, -0.05) is 43.7 Å². The molecule has 0 fully saturated rings. The minimum Gasteiger partial charge on any atom is -0.669 e. The van der Waals surface area contributed by atoms with Crippen LogP contribution in [0.1, 0.15) is 30.5 Å². The molecule has 2 N–H and O–H groups in total. The number of nitrogens with one attached hydrogen (secondary N) is 2. The number of allylic oxidation sites excluding steroid dienone is 1. The number of fused-ring (bicyclic) bond motifs is 1. The molecule has 4 heteroatoms. The first-order valence-electron chi connectivity index (χ1n) is 7.44. The van der Waals surface area contributed by atoms with E-state index in [0.29, 0.717) is 5.57 Å². The molecule has 0 saturated carbocycles. The number of hydrogen-bond acceptors (Lipinski definition) is 2. The average Bonchev–Trinajstić information content (AvgIpc) is 3.01. The van der Waals surface area contributed by atoms with E-state index in [1.165, 1.54) is 0 Å². The highest BCUT2D eigenvalue weighted by atomic mass is 16.1. The van der Waals surface area contributed by atoms with Crippen molar-refractivity contribution < 1.29 is 4.79 Å². The standard InChI is InChI=1S/C19H18N3O/c1-19(2,20)16-5-3-13(4-6-16)15(12-23)11-14-7-9-21-18-17(14)8-10-22-18/h3-12,20H,1-2H3,(H,21,22)/q-1/b15-11+. The number of pyridine rings is 1. The minimum absolute atomic E-state index is 0.605. The van der Waals surface area contributed by atoms with E-state index in [-0.39, 0.29) is 0 Å². The average molecular weight is 304 g/mol. The van der Waals surface area contributed by atoms with Crippen molar-refractivity contribution in [3.05, 3.63) is 71.2 Å². The van der Waals surface area contributed by atoms with Crippen molar-refractivity contribution >= 4 is 29.0 Å². The molecular weight excluding hydrogens is 286 g/mol. The number of H-pyrrole nitrogens is 1. The van der Waals surface area contributed by atoms with Gasteiger partial charge in [0, 0.05) is 23.4 Å². The molecular formula is C19H18N3O-. The van der Waals surface area contributed by atoms with Crippen molar-refractivity contribution in [1.82, 2.24) is 9.97 Å². The fraction of sp³-hybridized carbons (Fsp3) is 0.158. The fourth-order valence-corrected chi connectivity index (χ4v) is 2.54. The van der Waals surface area contributed by atoms with E-state index in [0.717, 1.165) is 34.0 Å². The number of carbonyl (C=O) groups excluding carboxylic acids is 1. The van der Waals surface area contributed by atoms with Gasteiger partial charge in [0.15, 0.2) is 6.29 Å². The van der Waals surface area contributed by atoms with Crippen LogP contribution in [0, 0.1) is 0 Å². The van der Waals surface area contributed by atoms with Crippen LogP contribution >= 0.6 is 0 Å². The quantitative estimate of drug-likeness (QED) is 0.565. The predicted octanol–water partition coefficient (Wildman–Crippen LogP) is 4.59. The van der Waals surface area contributed by atoms with Crippen LogP contribution in [0.2, 0.25) is 0 Å². The van der Waals surface area contributed by atoms with Crippen LogP contribution in [0.3, 0.4) is 0 Å². The molecule has 0 aliphatic rings. The third-order valence-corrected chi connectivity index (χ3v) is 3.87. The van der Waals surface area contributed by atoms with Gasteiger partial charge in [0.05, 0.1) is 0 Å². The van der Waals surface area contributed by atoms with Crippen LogP contribution in [-0.2, 0) is 10.3 Å². The second-order valence-electron chi connectivity index (χ2n) is 6.06. The normalized spacial score (nSPS) is 12.6. The molecule has 0 spiro atoms. The predicted molar refractivity (Wildman–Crippen MR) is 93.8 cm³/mol. The first-order valence-corrected chi connectivity index (χ1v) is 7.44. The number of nitrogens with zero attached hydrogens (tertiary/aromatic N) is 1. The zero-order valence-corrected chi connectivity index (χ0v) is 13.1. The maximum absolute atomic E-state index is 11.5. The summed E-state index contributed by atoms with van der Waals surface area (Å²) in [5, 5.41) is 0.982. The van der Waals surface area contributed by atoms with Gasteiger partial charge in [-0.2, -0.15) is 0 Å². The van der Waals surface area contributed by atoms with Crippen LogP contribution in [0.15, 0.2) is 48.8 Å². The number of aldehydes is 1. The molecule has 2 aromatic heterocycles. The number of benzene rings is 1. The van der Waals surface area contributed by atoms with E-state index >= 15 is 0 Å². The van der Waals surface area contributed by atoms with E-state index in [1.54, 1.807) is 6.20 Å². The monoisotopic (exact) mass is 304 g/mol. The van der Waals surface area contributed by atoms with E-state index in [1.807, 2.05) is 62.5 Å². The summed E-state index contributed by atoms with van der Waals surface area (Å²) in [5.74, 6) is 0. The van der Waals surface area contributed by atoms with Crippen molar-refractivity contribution in [3.63, 3.8) is 0 Å². The van der Waals surface area contributed by atoms with Gasteiger partial charge in [0.2, 0.25) is 0 Å². The zero-order chi connectivity index (χ0) is 16.4. The first kappa shape index (κ1) is 15.2. The molecule has 0 saturated heterocycles. The van der Waals surface area contributed by atoms with Crippen molar-refractivity contribution in [1.29, 1.82) is 0 Å². The third-order valence-electron chi connectivity index (χ3n) is 3.87. The molecule has 2 heterocycles. The Balaban J connectivity index is 2.02. The summed E-state index contributed by atoms with van der Waals surface area (Å²) in [5.41, 5.74) is 11.5. The lowest BCUT2D eigenvalue weighted by atomic mass is 9.93. The summed E-state index contributed by atoms with van der Waals surface area (Å²) in [6, 6.07) is 11.4. The van der Waals surface area contributed by atoms with Gasteiger partial charge >= 0.3 is 0 Å². The lowest BCUT2D eigenvalue weighted by Crippen LogP contribution is -2.09. The highest BCUT2D eigenvalue weighted by Gasteiger charge is 2.08. The van der Waals surface area contributed by atoms with Crippen LogP contribution in [0.5, 0.6) is 0 Å². The number of aromatic nitrogens is 2. The molecule has 1 aromatic carbocycles. The van der Waals surface area contributed by atoms with Crippen molar-refractivity contribution in [2.45, 2.75) is 19.4 Å². The van der Waals surface area contributed by atoms with Gasteiger partial charge in [-0.25, -0.2) is 4.98 Å². The van der Waals surface area contributed by atoms with Gasteiger partial charge in [-0.3, -0.25) is 4.79 Å². The summed E-state index contributed by atoms with van der Waals surface area (Å²) in [7, 11) is 0. The van der Waals surface area contributed by atoms with Crippen molar-refractivity contribution in [2.75, 3.05) is 0 Å². The Hall–Kier alpha value is -2.72. The number of hydrogen-bond donors (Lipinski definition) is 1. The Morgan fingerprint density at radius 2 is 1.91 bits per heavy atom. The Kier molecular flexibility index (Phi) is 3.84. The number of carbonyl (C=O) groups is 1. The van der Waals surface area contributed by atoms with Gasteiger partial charge in [0.25, 0.3) is 0 Å². The van der Waals surface area contributed by atoms with Crippen LogP contribution in [-0.4, -0.2) is 16.3 Å². The molecule has 0 amide bonds. The second-order valence-corrected chi connectivity index (χ2v) is 6.06. The largest absolute Gasteiger partial charge is 0.669 e. The summed E-state index contributed by atoms with van der Waals surface area (Å²) >= 11 is 0.